The molecule has 0 N–H and O–H groups in total. The predicted molar refractivity (Wildman–Crippen MR) is 67.2 cm³/mol. The highest BCUT2D eigenvalue weighted by Gasteiger charge is 2.47. The number of carbonyl (C=O) groups is 1. The summed E-state index contributed by atoms with van der Waals surface area (Å²) in [6.07, 6.45) is 6.58. The Bertz CT molecular complexity index is 324. The number of rotatable bonds is 2. The fourth-order valence-electron chi connectivity index (χ4n) is 4.05. The summed E-state index contributed by atoms with van der Waals surface area (Å²) < 4.78 is 0. The van der Waals surface area contributed by atoms with Gasteiger partial charge in [0.1, 0.15) is 5.78 Å². The van der Waals surface area contributed by atoms with E-state index in [0.717, 1.165) is 12.8 Å². The third-order valence-corrected chi connectivity index (χ3v) is 4.62. The molecule has 0 amide bonds. The van der Waals surface area contributed by atoms with Crippen LogP contribution in [-0.2, 0) is 4.79 Å². The van der Waals surface area contributed by atoms with Crippen molar-refractivity contribution in [3.05, 3.63) is 11.6 Å². The number of ketones is 1. The predicted octanol–water partition coefficient (Wildman–Crippen LogP) is 3.98. The molecule has 2 aliphatic carbocycles. The topological polar surface area (TPSA) is 17.1 Å². The monoisotopic (exact) mass is 220 g/mol. The highest BCUT2D eigenvalue weighted by atomic mass is 16.1. The first-order valence-corrected chi connectivity index (χ1v) is 6.70. The standard InChI is InChI=1S/C15H24O/c1-5-13(16)11-7-6-8-12-14(11)10(2)9-15(12,3)4/h8,10-11,14H,5-7,9H2,1-4H3. The van der Waals surface area contributed by atoms with Crippen molar-refractivity contribution in [3.8, 4) is 0 Å². The lowest BCUT2D eigenvalue weighted by molar-refractivity contribution is -0.124. The molecule has 1 saturated carbocycles. The van der Waals surface area contributed by atoms with Crippen molar-refractivity contribution in [1.29, 1.82) is 0 Å². The number of Topliss-reactive ketones (excluding diaryl/α,β-unsaturated/α-hetero) is 1. The van der Waals surface area contributed by atoms with Crippen LogP contribution >= 0.6 is 0 Å². The van der Waals surface area contributed by atoms with Crippen LogP contribution in [0.4, 0.5) is 0 Å². The quantitative estimate of drug-likeness (QED) is 0.643. The van der Waals surface area contributed by atoms with Crippen LogP contribution in [0.5, 0.6) is 0 Å². The molecule has 0 aromatic heterocycles. The van der Waals surface area contributed by atoms with Gasteiger partial charge in [0.2, 0.25) is 0 Å². The van der Waals surface area contributed by atoms with E-state index in [1.807, 2.05) is 6.92 Å². The number of allylic oxidation sites excluding steroid dienone is 2. The maximum Gasteiger partial charge on any atom is 0.136 e. The lowest BCUT2D eigenvalue weighted by Gasteiger charge is -2.32. The van der Waals surface area contributed by atoms with Crippen LogP contribution < -0.4 is 0 Å². The molecule has 16 heavy (non-hydrogen) atoms. The fourth-order valence-corrected chi connectivity index (χ4v) is 4.05. The van der Waals surface area contributed by atoms with Crippen molar-refractivity contribution >= 4 is 5.78 Å². The van der Waals surface area contributed by atoms with E-state index in [2.05, 4.69) is 26.8 Å². The van der Waals surface area contributed by atoms with E-state index in [-0.39, 0.29) is 0 Å². The molecule has 1 nitrogen and oxygen atoms in total. The Morgan fingerprint density at radius 3 is 2.81 bits per heavy atom. The summed E-state index contributed by atoms with van der Waals surface area (Å²) >= 11 is 0. The van der Waals surface area contributed by atoms with Crippen molar-refractivity contribution in [3.63, 3.8) is 0 Å². The van der Waals surface area contributed by atoms with Crippen LogP contribution in [0.15, 0.2) is 11.6 Å². The Balaban J connectivity index is 2.31. The van der Waals surface area contributed by atoms with Crippen molar-refractivity contribution in [2.24, 2.45) is 23.2 Å². The minimum Gasteiger partial charge on any atom is -0.299 e. The maximum absolute atomic E-state index is 12.0. The van der Waals surface area contributed by atoms with Gasteiger partial charge in [0.25, 0.3) is 0 Å². The molecular formula is C15H24O. The largest absolute Gasteiger partial charge is 0.299 e. The van der Waals surface area contributed by atoms with E-state index in [1.165, 1.54) is 6.42 Å². The first kappa shape index (κ1) is 11.9. The van der Waals surface area contributed by atoms with Gasteiger partial charge < -0.3 is 0 Å². The van der Waals surface area contributed by atoms with E-state index in [4.69, 9.17) is 0 Å². The number of carbonyl (C=O) groups excluding carboxylic acids is 1. The Kier molecular flexibility index (Phi) is 2.98. The molecule has 2 rings (SSSR count). The van der Waals surface area contributed by atoms with Crippen LogP contribution in [0.1, 0.15) is 53.4 Å². The number of hydrogen-bond acceptors (Lipinski definition) is 1. The Hall–Kier alpha value is -0.590. The van der Waals surface area contributed by atoms with E-state index >= 15 is 0 Å². The van der Waals surface area contributed by atoms with Gasteiger partial charge in [-0.15, -0.1) is 0 Å². The molecule has 0 aliphatic heterocycles. The van der Waals surface area contributed by atoms with E-state index < -0.39 is 0 Å². The zero-order valence-corrected chi connectivity index (χ0v) is 11.0. The minimum atomic E-state index is 0.321. The van der Waals surface area contributed by atoms with Gasteiger partial charge in [0.15, 0.2) is 0 Å². The van der Waals surface area contributed by atoms with Crippen LogP contribution in [0.2, 0.25) is 0 Å². The zero-order valence-electron chi connectivity index (χ0n) is 11.0. The molecule has 0 spiro atoms. The van der Waals surface area contributed by atoms with Gasteiger partial charge >= 0.3 is 0 Å². The van der Waals surface area contributed by atoms with Crippen molar-refractivity contribution in [2.75, 3.05) is 0 Å². The summed E-state index contributed by atoms with van der Waals surface area (Å²) in [4.78, 5) is 12.0. The lowest BCUT2D eigenvalue weighted by atomic mass is 9.71. The second-order valence-electron chi connectivity index (χ2n) is 6.25. The Morgan fingerprint density at radius 1 is 1.50 bits per heavy atom. The summed E-state index contributed by atoms with van der Waals surface area (Å²) in [6.45, 7) is 9.02. The van der Waals surface area contributed by atoms with Gasteiger partial charge in [-0.25, -0.2) is 0 Å². The second kappa shape index (κ2) is 4.01. The van der Waals surface area contributed by atoms with Gasteiger partial charge in [-0.1, -0.05) is 39.3 Å². The Labute approximate surface area is 99.3 Å². The molecule has 0 heterocycles. The molecule has 3 unspecified atom stereocenters. The summed E-state index contributed by atoms with van der Waals surface area (Å²) in [5.41, 5.74) is 1.91. The van der Waals surface area contributed by atoms with Gasteiger partial charge in [-0.3, -0.25) is 4.79 Å². The number of fused-ring (bicyclic) bond motifs is 1. The fraction of sp³-hybridized carbons (Fsp3) is 0.800. The van der Waals surface area contributed by atoms with Crippen LogP contribution in [0.3, 0.4) is 0 Å². The van der Waals surface area contributed by atoms with Crippen LogP contribution in [0.25, 0.3) is 0 Å². The van der Waals surface area contributed by atoms with Gasteiger partial charge in [-0.05, 0) is 36.5 Å². The van der Waals surface area contributed by atoms with Gasteiger partial charge in [0, 0.05) is 12.3 Å². The highest BCUT2D eigenvalue weighted by molar-refractivity contribution is 5.81. The molecule has 1 heteroatoms. The molecule has 0 saturated heterocycles. The highest BCUT2D eigenvalue weighted by Crippen LogP contribution is 2.55. The molecule has 90 valence electrons. The Morgan fingerprint density at radius 2 is 2.19 bits per heavy atom. The number of hydrogen-bond donors (Lipinski definition) is 0. The van der Waals surface area contributed by atoms with E-state index in [9.17, 15) is 4.79 Å². The third-order valence-electron chi connectivity index (χ3n) is 4.62. The van der Waals surface area contributed by atoms with Crippen molar-refractivity contribution in [2.45, 2.75) is 53.4 Å². The molecule has 0 radical (unpaired) electrons. The molecule has 0 aromatic rings. The summed E-state index contributed by atoms with van der Waals surface area (Å²) in [7, 11) is 0. The molecule has 1 fully saturated rings. The SMILES string of the molecule is CCC(=O)C1CCC=C2C1C(C)CC2(C)C. The van der Waals surface area contributed by atoms with Crippen LogP contribution in [-0.4, -0.2) is 5.78 Å². The smallest absolute Gasteiger partial charge is 0.136 e. The molecule has 0 bridgehead atoms. The van der Waals surface area contributed by atoms with E-state index in [1.54, 1.807) is 5.57 Å². The first-order chi connectivity index (χ1) is 7.47. The summed E-state index contributed by atoms with van der Waals surface area (Å²) in [5.74, 6) is 2.04. The van der Waals surface area contributed by atoms with Gasteiger partial charge in [-0.2, -0.15) is 0 Å². The normalized spacial score (nSPS) is 36.8. The van der Waals surface area contributed by atoms with Gasteiger partial charge in [0.05, 0.1) is 0 Å². The van der Waals surface area contributed by atoms with Crippen molar-refractivity contribution < 1.29 is 4.79 Å². The summed E-state index contributed by atoms with van der Waals surface area (Å²) in [6, 6.07) is 0. The second-order valence-corrected chi connectivity index (χ2v) is 6.25. The molecule has 3 atom stereocenters. The molecule has 0 aromatic carbocycles. The average molecular weight is 220 g/mol. The zero-order chi connectivity index (χ0) is 11.9. The minimum absolute atomic E-state index is 0.321. The van der Waals surface area contributed by atoms with E-state index in [0.29, 0.717) is 35.4 Å². The summed E-state index contributed by atoms with van der Waals surface area (Å²) in [5, 5.41) is 0. The molecule has 2 aliphatic rings. The van der Waals surface area contributed by atoms with Crippen molar-refractivity contribution in [1.82, 2.24) is 0 Å². The first-order valence-electron chi connectivity index (χ1n) is 6.70. The third kappa shape index (κ3) is 1.74. The van der Waals surface area contributed by atoms with Crippen LogP contribution in [0, 0.1) is 23.2 Å². The molecular weight excluding hydrogens is 196 g/mol. The maximum atomic E-state index is 12.0. The lowest BCUT2D eigenvalue weighted by Crippen LogP contribution is -2.29. The average Bonchev–Trinajstić information content (AvgIpc) is 2.48.